The molecule has 18 heavy (non-hydrogen) atoms. The number of nitrogens with one attached hydrogen (secondary N) is 1. The Morgan fingerprint density at radius 3 is 2.72 bits per heavy atom. The minimum absolute atomic E-state index is 0.0929. The number of rotatable bonds is 5. The lowest BCUT2D eigenvalue weighted by atomic mass is 10.1. The third kappa shape index (κ3) is 2.03. The largest absolute Gasteiger partial charge is 0.397 e. The van der Waals surface area contributed by atoms with Crippen LogP contribution in [0, 0.1) is 5.92 Å². The summed E-state index contributed by atoms with van der Waals surface area (Å²) in [4.78, 5) is 12.3. The molecule has 0 spiro atoms. The van der Waals surface area contributed by atoms with E-state index >= 15 is 0 Å². The van der Waals surface area contributed by atoms with Crippen LogP contribution in [-0.2, 0) is 0 Å². The zero-order chi connectivity index (χ0) is 12.9. The van der Waals surface area contributed by atoms with Crippen molar-refractivity contribution in [2.45, 2.75) is 51.5 Å². The van der Waals surface area contributed by atoms with E-state index in [1.54, 1.807) is 18.3 Å². The van der Waals surface area contributed by atoms with E-state index in [2.05, 4.69) is 12.2 Å². The van der Waals surface area contributed by atoms with Crippen LogP contribution in [0.15, 0.2) is 0 Å². The molecule has 4 heteroatoms. The maximum absolute atomic E-state index is 11.6. The Hall–Kier alpha value is -1.03. The number of anilines is 2. The third-order valence-electron chi connectivity index (χ3n) is 4.05. The van der Waals surface area contributed by atoms with Gasteiger partial charge in [-0.1, -0.05) is 13.3 Å². The van der Waals surface area contributed by atoms with Crippen molar-refractivity contribution in [2.24, 2.45) is 5.92 Å². The number of Topliss-reactive ketones (excluding diaryl/α,β-unsaturated/α-hetero) is 1. The first-order chi connectivity index (χ1) is 8.61. The number of carbonyl (C=O) groups excluding carboxylic acids is 1. The van der Waals surface area contributed by atoms with E-state index < -0.39 is 0 Å². The van der Waals surface area contributed by atoms with E-state index in [0.29, 0.717) is 12.0 Å². The molecule has 2 unspecified atom stereocenters. The number of hydrogen-bond donors (Lipinski definition) is 2. The minimum atomic E-state index is 0.0929. The molecular weight excluding hydrogens is 244 g/mol. The van der Waals surface area contributed by atoms with E-state index in [4.69, 9.17) is 5.73 Å². The SMILES string of the molecule is CCC1CC1Nc1sc(C(C)=O)c(N)c1C1CC1. The van der Waals surface area contributed by atoms with Crippen LogP contribution in [0.25, 0.3) is 0 Å². The zero-order valence-electron chi connectivity index (χ0n) is 11.0. The molecule has 2 fully saturated rings. The molecule has 3 N–H and O–H groups in total. The van der Waals surface area contributed by atoms with Gasteiger partial charge in [-0.2, -0.15) is 0 Å². The molecule has 2 aliphatic carbocycles. The average Bonchev–Trinajstić information content (AvgIpc) is 3.20. The molecule has 3 nitrogen and oxygen atoms in total. The molecule has 1 aromatic heterocycles. The summed E-state index contributed by atoms with van der Waals surface area (Å²) < 4.78 is 0. The molecule has 2 aliphatic rings. The van der Waals surface area contributed by atoms with Crippen molar-refractivity contribution >= 4 is 27.8 Å². The Kier molecular flexibility index (Phi) is 2.85. The van der Waals surface area contributed by atoms with Gasteiger partial charge in [0.15, 0.2) is 5.78 Å². The molecular formula is C14H20N2OS. The Labute approximate surface area is 112 Å². The first kappa shape index (κ1) is 12.0. The second-order valence-electron chi connectivity index (χ2n) is 5.57. The molecule has 0 saturated heterocycles. The highest BCUT2D eigenvalue weighted by atomic mass is 32.1. The van der Waals surface area contributed by atoms with Crippen LogP contribution in [0.2, 0.25) is 0 Å². The van der Waals surface area contributed by atoms with E-state index in [9.17, 15) is 4.79 Å². The van der Waals surface area contributed by atoms with Gasteiger partial charge in [-0.05, 0) is 31.1 Å². The van der Waals surface area contributed by atoms with E-state index in [1.807, 2.05) is 0 Å². The fourth-order valence-electron chi connectivity index (χ4n) is 2.65. The number of hydrogen-bond acceptors (Lipinski definition) is 4. The van der Waals surface area contributed by atoms with Crippen LogP contribution in [-0.4, -0.2) is 11.8 Å². The van der Waals surface area contributed by atoms with Crippen molar-refractivity contribution < 1.29 is 4.79 Å². The van der Waals surface area contributed by atoms with Crippen LogP contribution in [0.5, 0.6) is 0 Å². The van der Waals surface area contributed by atoms with Gasteiger partial charge in [-0.25, -0.2) is 0 Å². The molecule has 2 atom stereocenters. The molecule has 0 aliphatic heterocycles. The van der Waals surface area contributed by atoms with Gasteiger partial charge in [-0.3, -0.25) is 4.79 Å². The van der Waals surface area contributed by atoms with E-state index in [1.165, 1.54) is 36.2 Å². The number of ketones is 1. The Balaban J connectivity index is 1.87. The van der Waals surface area contributed by atoms with Gasteiger partial charge in [0.05, 0.1) is 15.6 Å². The van der Waals surface area contributed by atoms with Crippen LogP contribution < -0.4 is 11.1 Å². The van der Waals surface area contributed by atoms with Crippen molar-refractivity contribution in [3.63, 3.8) is 0 Å². The fourth-order valence-corrected chi connectivity index (χ4v) is 3.81. The van der Waals surface area contributed by atoms with Crippen molar-refractivity contribution in [2.75, 3.05) is 11.1 Å². The zero-order valence-corrected chi connectivity index (χ0v) is 11.8. The fraction of sp³-hybridized carbons (Fsp3) is 0.643. The second-order valence-corrected chi connectivity index (χ2v) is 6.59. The second kappa shape index (κ2) is 4.26. The van der Waals surface area contributed by atoms with Gasteiger partial charge >= 0.3 is 0 Å². The third-order valence-corrected chi connectivity index (χ3v) is 5.31. The Bertz CT molecular complexity index is 490. The Morgan fingerprint density at radius 2 is 2.22 bits per heavy atom. The molecule has 2 saturated carbocycles. The van der Waals surface area contributed by atoms with Gasteiger partial charge in [0.2, 0.25) is 0 Å². The first-order valence-corrected chi connectivity index (χ1v) is 7.63. The number of thiophene rings is 1. The van der Waals surface area contributed by atoms with Gasteiger partial charge in [0.25, 0.3) is 0 Å². The average molecular weight is 264 g/mol. The molecule has 1 heterocycles. The highest BCUT2D eigenvalue weighted by molar-refractivity contribution is 7.18. The lowest BCUT2D eigenvalue weighted by Crippen LogP contribution is -2.04. The monoisotopic (exact) mass is 264 g/mol. The summed E-state index contributed by atoms with van der Waals surface area (Å²) in [5, 5.41) is 4.78. The smallest absolute Gasteiger partial charge is 0.171 e. The van der Waals surface area contributed by atoms with Gasteiger partial charge in [0.1, 0.15) is 0 Å². The number of nitrogens with two attached hydrogens (primary N) is 1. The molecule has 0 amide bonds. The van der Waals surface area contributed by atoms with Crippen molar-refractivity contribution in [1.82, 2.24) is 0 Å². The molecule has 0 aromatic carbocycles. The summed E-state index contributed by atoms with van der Waals surface area (Å²) in [5.74, 6) is 1.49. The highest BCUT2D eigenvalue weighted by Crippen LogP contribution is 2.52. The van der Waals surface area contributed by atoms with Gasteiger partial charge in [-0.15, -0.1) is 11.3 Å². The van der Waals surface area contributed by atoms with Crippen LogP contribution in [0.4, 0.5) is 10.7 Å². The summed E-state index contributed by atoms with van der Waals surface area (Å²) in [6.45, 7) is 3.84. The molecule has 98 valence electrons. The number of carbonyl (C=O) groups is 1. The predicted octanol–water partition coefficient (Wildman–Crippen LogP) is 3.62. The summed E-state index contributed by atoms with van der Waals surface area (Å²) in [6.07, 6.45) is 4.92. The summed E-state index contributed by atoms with van der Waals surface area (Å²) in [6, 6.07) is 0.602. The summed E-state index contributed by atoms with van der Waals surface area (Å²) >= 11 is 1.56. The Morgan fingerprint density at radius 1 is 1.50 bits per heavy atom. The molecule has 1 aromatic rings. The van der Waals surface area contributed by atoms with Crippen LogP contribution >= 0.6 is 11.3 Å². The molecule has 0 radical (unpaired) electrons. The van der Waals surface area contributed by atoms with Crippen molar-refractivity contribution in [3.05, 3.63) is 10.4 Å². The van der Waals surface area contributed by atoms with Crippen molar-refractivity contribution in [3.8, 4) is 0 Å². The van der Waals surface area contributed by atoms with E-state index in [-0.39, 0.29) is 5.78 Å². The lowest BCUT2D eigenvalue weighted by Gasteiger charge is -2.06. The van der Waals surface area contributed by atoms with Gasteiger partial charge < -0.3 is 11.1 Å². The normalized spacial score (nSPS) is 26.1. The van der Waals surface area contributed by atoms with Crippen LogP contribution in [0.1, 0.15) is 60.7 Å². The number of nitrogen functional groups attached to an aromatic ring is 1. The quantitative estimate of drug-likeness (QED) is 0.799. The van der Waals surface area contributed by atoms with Crippen LogP contribution in [0.3, 0.4) is 0 Å². The highest BCUT2D eigenvalue weighted by Gasteiger charge is 2.38. The minimum Gasteiger partial charge on any atom is -0.397 e. The molecule has 3 rings (SSSR count). The van der Waals surface area contributed by atoms with E-state index in [0.717, 1.165) is 16.5 Å². The standard InChI is InChI=1S/C14H20N2OS/c1-3-8-6-10(8)16-14-11(9-4-5-9)12(15)13(18-14)7(2)17/h8-10,16H,3-6,15H2,1-2H3. The predicted molar refractivity (Wildman–Crippen MR) is 76.5 cm³/mol. The summed E-state index contributed by atoms with van der Waals surface area (Å²) in [5.41, 5.74) is 8.13. The maximum Gasteiger partial charge on any atom is 0.171 e. The lowest BCUT2D eigenvalue weighted by molar-refractivity contribution is 0.102. The summed E-state index contributed by atoms with van der Waals surface area (Å²) in [7, 11) is 0. The molecule has 0 bridgehead atoms. The first-order valence-electron chi connectivity index (χ1n) is 6.81. The topological polar surface area (TPSA) is 55.1 Å². The van der Waals surface area contributed by atoms with Gasteiger partial charge in [0, 0.05) is 18.5 Å². The maximum atomic E-state index is 11.6. The van der Waals surface area contributed by atoms with Crippen molar-refractivity contribution in [1.29, 1.82) is 0 Å².